The molecule has 5 heteroatoms. The molecular weight excluding hydrogens is 356 g/mol. The maximum atomic E-state index is 14.7. The van der Waals surface area contributed by atoms with E-state index in [4.69, 9.17) is 4.74 Å². The van der Waals surface area contributed by atoms with Gasteiger partial charge in [-0.15, -0.1) is 0 Å². The minimum absolute atomic E-state index is 0.149. The summed E-state index contributed by atoms with van der Waals surface area (Å²) in [5.74, 6) is -3.89. The first-order valence-electron chi connectivity index (χ1n) is 9.32. The predicted octanol–water partition coefficient (Wildman–Crippen LogP) is 6.57. The molecule has 1 atom stereocenters. The number of fused-ring (bicyclic) bond motifs is 3. The van der Waals surface area contributed by atoms with E-state index in [1.165, 1.54) is 19.1 Å². The van der Waals surface area contributed by atoms with Gasteiger partial charge in [-0.2, -0.15) is 4.39 Å². The van der Waals surface area contributed by atoms with Crippen molar-refractivity contribution in [1.29, 1.82) is 0 Å². The van der Waals surface area contributed by atoms with Crippen LogP contribution in [0.4, 0.5) is 17.6 Å². The average Bonchev–Trinajstić information content (AvgIpc) is 2.97. The van der Waals surface area contributed by atoms with Crippen LogP contribution >= 0.6 is 0 Å². The predicted molar refractivity (Wildman–Crippen MR) is 98.0 cm³/mol. The molecule has 2 aromatic carbocycles. The smallest absolute Gasteiger partial charge is 0.201 e. The summed E-state index contributed by atoms with van der Waals surface area (Å²) in [7, 11) is 0. The Hall–Kier alpha value is -2.04. The standard InChI is InChI=1S/C22H24F4O/c1-11(2)5-6-12(3)10-27-16-9-15-8-14-7-13(4)19(23)21(25)17(14)18(15)22(26)20(16)24/h7,9,11-12H,5-6,8,10H2,1-4H3. The highest BCUT2D eigenvalue weighted by atomic mass is 19.2. The fourth-order valence-corrected chi connectivity index (χ4v) is 3.54. The highest BCUT2D eigenvalue weighted by molar-refractivity contribution is 5.79. The lowest BCUT2D eigenvalue weighted by Crippen LogP contribution is -2.11. The maximum Gasteiger partial charge on any atom is 0.201 e. The number of rotatable bonds is 6. The Morgan fingerprint density at radius 2 is 1.44 bits per heavy atom. The van der Waals surface area contributed by atoms with Crippen molar-refractivity contribution in [3.63, 3.8) is 0 Å². The fourth-order valence-electron chi connectivity index (χ4n) is 3.54. The molecule has 1 aliphatic carbocycles. The van der Waals surface area contributed by atoms with E-state index in [1.807, 2.05) is 6.92 Å². The second-order valence-corrected chi connectivity index (χ2v) is 7.96. The van der Waals surface area contributed by atoms with E-state index in [0.29, 0.717) is 17.0 Å². The molecular formula is C22H24F4O. The van der Waals surface area contributed by atoms with Gasteiger partial charge in [0.1, 0.15) is 0 Å². The van der Waals surface area contributed by atoms with Gasteiger partial charge in [-0.25, -0.2) is 13.2 Å². The van der Waals surface area contributed by atoms with Crippen LogP contribution in [0.25, 0.3) is 11.1 Å². The van der Waals surface area contributed by atoms with Gasteiger partial charge in [0.05, 0.1) is 6.61 Å². The molecule has 0 heterocycles. The Bertz CT molecular complexity index is 874. The van der Waals surface area contributed by atoms with Crippen LogP contribution in [0, 0.1) is 42.0 Å². The van der Waals surface area contributed by atoms with E-state index >= 15 is 0 Å². The first-order chi connectivity index (χ1) is 12.7. The molecule has 0 radical (unpaired) electrons. The largest absolute Gasteiger partial charge is 0.490 e. The second-order valence-electron chi connectivity index (χ2n) is 7.96. The van der Waals surface area contributed by atoms with E-state index in [9.17, 15) is 17.6 Å². The zero-order valence-electron chi connectivity index (χ0n) is 16.1. The van der Waals surface area contributed by atoms with E-state index in [-0.39, 0.29) is 41.4 Å². The van der Waals surface area contributed by atoms with Crippen LogP contribution in [-0.4, -0.2) is 6.61 Å². The Kier molecular flexibility index (Phi) is 5.50. The highest BCUT2D eigenvalue weighted by Gasteiger charge is 2.31. The van der Waals surface area contributed by atoms with Crippen molar-refractivity contribution in [3.8, 4) is 16.9 Å². The lowest BCUT2D eigenvalue weighted by molar-refractivity contribution is 0.233. The van der Waals surface area contributed by atoms with Gasteiger partial charge >= 0.3 is 0 Å². The van der Waals surface area contributed by atoms with E-state index in [2.05, 4.69) is 13.8 Å². The van der Waals surface area contributed by atoms with Crippen molar-refractivity contribution in [3.05, 3.63) is 52.1 Å². The maximum absolute atomic E-state index is 14.7. The quantitative estimate of drug-likeness (QED) is 0.439. The minimum atomic E-state index is -1.18. The van der Waals surface area contributed by atoms with Crippen LogP contribution in [0.15, 0.2) is 12.1 Å². The molecule has 2 aromatic rings. The molecule has 0 fully saturated rings. The molecule has 0 bridgehead atoms. The third-order valence-electron chi connectivity index (χ3n) is 5.12. The second kappa shape index (κ2) is 7.53. The molecule has 1 nitrogen and oxygen atoms in total. The summed E-state index contributed by atoms with van der Waals surface area (Å²) < 4.78 is 63.0. The molecule has 1 aliphatic rings. The van der Waals surface area contributed by atoms with Crippen molar-refractivity contribution in [2.75, 3.05) is 6.61 Å². The van der Waals surface area contributed by atoms with Crippen molar-refractivity contribution < 1.29 is 22.3 Å². The molecule has 1 unspecified atom stereocenters. The topological polar surface area (TPSA) is 9.23 Å². The molecule has 0 aromatic heterocycles. The molecule has 146 valence electrons. The van der Waals surface area contributed by atoms with Gasteiger partial charge in [-0.1, -0.05) is 33.3 Å². The molecule has 0 saturated carbocycles. The Morgan fingerprint density at radius 3 is 2.07 bits per heavy atom. The third-order valence-corrected chi connectivity index (χ3v) is 5.12. The van der Waals surface area contributed by atoms with E-state index in [1.54, 1.807) is 0 Å². The van der Waals surface area contributed by atoms with Crippen molar-refractivity contribution in [2.24, 2.45) is 11.8 Å². The zero-order valence-corrected chi connectivity index (χ0v) is 16.1. The van der Waals surface area contributed by atoms with Crippen LogP contribution in [0.5, 0.6) is 5.75 Å². The lowest BCUT2D eigenvalue weighted by Gasteiger charge is -2.16. The number of ether oxygens (including phenoxy) is 1. The molecule has 27 heavy (non-hydrogen) atoms. The summed E-state index contributed by atoms with van der Waals surface area (Å²) in [6.45, 7) is 7.98. The average molecular weight is 380 g/mol. The fraction of sp³-hybridized carbons (Fsp3) is 0.455. The van der Waals surface area contributed by atoms with E-state index < -0.39 is 23.3 Å². The van der Waals surface area contributed by atoms with Gasteiger partial charge in [0, 0.05) is 11.1 Å². The Balaban J connectivity index is 1.88. The SMILES string of the molecule is Cc1cc2c(c(F)c1F)-c1c(cc(OCC(C)CCC(C)C)c(F)c1F)C2. The highest BCUT2D eigenvalue weighted by Crippen LogP contribution is 2.44. The molecule has 0 amide bonds. The summed E-state index contributed by atoms with van der Waals surface area (Å²) >= 11 is 0. The van der Waals surface area contributed by atoms with Gasteiger partial charge < -0.3 is 4.74 Å². The molecule has 0 aliphatic heterocycles. The van der Waals surface area contributed by atoms with Crippen LogP contribution in [-0.2, 0) is 6.42 Å². The first-order valence-corrected chi connectivity index (χ1v) is 9.32. The summed E-state index contributed by atoms with van der Waals surface area (Å²) in [4.78, 5) is 0. The van der Waals surface area contributed by atoms with Gasteiger partial charge in [0.15, 0.2) is 23.2 Å². The van der Waals surface area contributed by atoms with Crippen LogP contribution in [0.1, 0.15) is 50.3 Å². The summed E-state index contributed by atoms with van der Waals surface area (Å²) in [6.07, 6.45) is 2.19. The normalized spacial score (nSPS) is 13.7. The minimum Gasteiger partial charge on any atom is -0.490 e. The van der Waals surface area contributed by atoms with Gasteiger partial charge in [0.2, 0.25) is 5.82 Å². The number of halogens is 4. The molecule has 0 spiro atoms. The van der Waals surface area contributed by atoms with Gasteiger partial charge in [-0.05, 0) is 54.4 Å². The first kappa shape index (κ1) is 19.7. The van der Waals surface area contributed by atoms with Crippen molar-refractivity contribution in [2.45, 2.75) is 47.0 Å². The third kappa shape index (κ3) is 3.69. The van der Waals surface area contributed by atoms with Crippen molar-refractivity contribution in [1.82, 2.24) is 0 Å². The summed E-state index contributed by atoms with van der Waals surface area (Å²) in [5.41, 5.74) is 0.649. The van der Waals surface area contributed by atoms with Gasteiger partial charge in [-0.3, -0.25) is 0 Å². The number of benzene rings is 2. The monoisotopic (exact) mass is 380 g/mol. The van der Waals surface area contributed by atoms with Crippen LogP contribution < -0.4 is 4.74 Å². The zero-order chi connectivity index (χ0) is 19.9. The number of aryl methyl sites for hydroxylation is 1. The number of hydrogen-bond acceptors (Lipinski definition) is 1. The molecule has 3 rings (SSSR count). The van der Waals surface area contributed by atoms with Crippen molar-refractivity contribution >= 4 is 0 Å². The van der Waals surface area contributed by atoms with Crippen LogP contribution in [0.3, 0.4) is 0 Å². The van der Waals surface area contributed by atoms with Gasteiger partial charge in [0.25, 0.3) is 0 Å². The number of hydrogen-bond donors (Lipinski definition) is 0. The summed E-state index contributed by atoms with van der Waals surface area (Å²) in [5, 5.41) is 0. The van der Waals surface area contributed by atoms with E-state index in [0.717, 1.165) is 12.8 Å². The summed E-state index contributed by atoms with van der Waals surface area (Å²) in [6, 6.07) is 2.90. The molecule has 0 saturated heterocycles. The Morgan fingerprint density at radius 1 is 0.852 bits per heavy atom. The Labute approximate surface area is 157 Å². The van der Waals surface area contributed by atoms with Crippen LogP contribution in [0.2, 0.25) is 0 Å². The molecule has 0 N–H and O–H groups in total. The lowest BCUT2D eigenvalue weighted by atomic mass is 10.00.